The van der Waals surface area contributed by atoms with E-state index in [1.807, 2.05) is 6.92 Å². The maximum atomic E-state index is 10.5. The number of aldehydes is 1. The van der Waals surface area contributed by atoms with Crippen LogP contribution in [0.25, 0.3) is 0 Å². The standard InChI is InChI=1S/C8H11BO3S/c1-2-3-7-4-6(5-10)8(13-7)9(11)12/h4-5,11-12H,2-3H2,1H3. The van der Waals surface area contributed by atoms with Crippen LogP contribution in [0, 0.1) is 0 Å². The first kappa shape index (κ1) is 10.4. The van der Waals surface area contributed by atoms with Gasteiger partial charge in [0.1, 0.15) is 0 Å². The lowest BCUT2D eigenvalue weighted by atomic mass is 9.86. The molecule has 1 rings (SSSR count). The molecule has 0 aromatic carbocycles. The summed E-state index contributed by atoms with van der Waals surface area (Å²) in [5.74, 6) is 0. The lowest BCUT2D eigenvalue weighted by molar-refractivity contribution is 0.112. The minimum atomic E-state index is -1.53. The highest BCUT2D eigenvalue weighted by Gasteiger charge is 2.19. The van der Waals surface area contributed by atoms with Crippen LogP contribution in [0.2, 0.25) is 0 Å². The number of aryl methyl sites for hydroxylation is 1. The van der Waals surface area contributed by atoms with Crippen LogP contribution < -0.4 is 4.78 Å². The molecule has 0 fully saturated rings. The Bertz CT molecular complexity index is 296. The summed E-state index contributed by atoms with van der Waals surface area (Å²) in [7, 11) is -1.53. The van der Waals surface area contributed by atoms with Crippen LogP contribution in [0.3, 0.4) is 0 Å². The van der Waals surface area contributed by atoms with Crippen LogP contribution in [0.5, 0.6) is 0 Å². The second-order valence-electron chi connectivity index (χ2n) is 2.77. The van der Waals surface area contributed by atoms with Crippen LogP contribution in [0.15, 0.2) is 6.07 Å². The summed E-state index contributed by atoms with van der Waals surface area (Å²) in [6.45, 7) is 2.04. The molecule has 2 N–H and O–H groups in total. The van der Waals surface area contributed by atoms with Crippen LogP contribution in [-0.2, 0) is 6.42 Å². The summed E-state index contributed by atoms with van der Waals surface area (Å²) in [5.41, 5.74) is 0.392. The van der Waals surface area contributed by atoms with Crippen molar-refractivity contribution in [3.05, 3.63) is 16.5 Å². The van der Waals surface area contributed by atoms with Gasteiger partial charge in [0.15, 0.2) is 6.29 Å². The highest BCUT2D eigenvalue weighted by atomic mass is 32.1. The highest BCUT2D eigenvalue weighted by Crippen LogP contribution is 2.13. The number of hydrogen-bond donors (Lipinski definition) is 2. The predicted octanol–water partition coefficient (Wildman–Crippen LogP) is 0.193. The Labute approximate surface area is 81.2 Å². The fourth-order valence-corrected chi connectivity index (χ4v) is 2.24. The molecule has 70 valence electrons. The first-order chi connectivity index (χ1) is 6.19. The van der Waals surface area contributed by atoms with Gasteiger partial charge in [-0.05, 0) is 12.5 Å². The van der Waals surface area contributed by atoms with Crippen LogP contribution >= 0.6 is 11.3 Å². The van der Waals surface area contributed by atoms with Gasteiger partial charge in [-0.2, -0.15) is 0 Å². The molecular formula is C8H11BO3S. The molecular weight excluding hydrogens is 187 g/mol. The van der Waals surface area contributed by atoms with Crippen molar-refractivity contribution in [1.82, 2.24) is 0 Å². The van der Waals surface area contributed by atoms with Gasteiger partial charge in [0, 0.05) is 15.2 Å². The molecule has 0 unspecified atom stereocenters. The molecule has 1 heterocycles. The van der Waals surface area contributed by atoms with Gasteiger partial charge < -0.3 is 10.0 Å². The Balaban J connectivity index is 2.97. The normalized spacial score (nSPS) is 10.1. The van der Waals surface area contributed by atoms with Gasteiger partial charge in [-0.25, -0.2) is 0 Å². The zero-order chi connectivity index (χ0) is 9.84. The van der Waals surface area contributed by atoms with Gasteiger partial charge in [0.25, 0.3) is 0 Å². The van der Waals surface area contributed by atoms with Crippen molar-refractivity contribution in [3.8, 4) is 0 Å². The lowest BCUT2D eigenvalue weighted by Gasteiger charge is -1.93. The Morgan fingerprint density at radius 1 is 1.62 bits per heavy atom. The molecule has 0 spiro atoms. The smallest absolute Gasteiger partial charge is 0.423 e. The molecule has 0 radical (unpaired) electrons. The molecule has 0 aliphatic carbocycles. The predicted molar refractivity (Wildman–Crippen MR) is 53.5 cm³/mol. The third-order valence-electron chi connectivity index (χ3n) is 1.70. The average Bonchev–Trinajstić information content (AvgIpc) is 2.48. The summed E-state index contributed by atoms with van der Waals surface area (Å²) in [6, 6.07) is 1.72. The summed E-state index contributed by atoms with van der Waals surface area (Å²) >= 11 is 1.29. The number of carbonyl (C=O) groups is 1. The number of rotatable bonds is 4. The van der Waals surface area contributed by atoms with E-state index in [4.69, 9.17) is 10.0 Å². The monoisotopic (exact) mass is 198 g/mol. The zero-order valence-electron chi connectivity index (χ0n) is 7.36. The van der Waals surface area contributed by atoms with E-state index >= 15 is 0 Å². The van der Waals surface area contributed by atoms with E-state index in [0.29, 0.717) is 16.6 Å². The largest absolute Gasteiger partial charge is 0.499 e. The van der Waals surface area contributed by atoms with Crippen molar-refractivity contribution in [3.63, 3.8) is 0 Å². The summed E-state index contributed by atoms with van der Waals surface area (Å²) in [4.78, 5) is 11.6. The topological polar surface area (TPSA) is 57.5 Å². The summed E-state index contributed by atoms with van der Waals surface area (Å²) in [5, 5.41) is 17.8. The van der Waals surface area contributed by atoms with Crippen LogP contribution in [0.1, 0.15) is 28.6 Å². The van der Waals surface area contributed by atoms with E-state index in [2.05, 4.69) is 0 Å². The van der Waals surface area contributed by atoms with Crippen LogP contribution in [-0.4, -0.2) is 23.5 Å². The average molecular weight is 198 g/mol. The van der Waals surface area contributed by atoms with Crippen molar-refractivity contribution in [1.29, 1.82) is 0 Å². The van der Waals surface area contributed by atoms with Gasteiger partial charge >= 0.3 is 7.12 Å². The highest BCUT2D eigenvalue weighted by molar-refractivity contribution is 7.22. The summed E-state index contributed by atoms with van der Waals surface area (Å²) in [6.07, 6.45) is 2.52. The van der Waals surface area contributed by atoms with Gasteiger partial charge in [0.05, 0.1) is 0 Å². The molecule has 0 saturated carbocycles. The van der Waals surface area contributed by atoms with Gasteiger partial charge in [-0.3, -0.25) is 4.79 Å². The molecule has 1 aromatic heterocycles. The first-order valence-electron chi connectivity index (χ1n) is 4.13. The van der Waals surface area contributed by atoms with E-state index in [1.54, 1.807) is 6.07 Å². The number of hydrogen-bond acceptors (Lipinski definition) is 4. The minimum absolute atomic E-state index is 0.346. The minimum Gasteiger partial charge on any atom is -0.423 e. The SMILES string of the molecule is CCCc1cc(C=O)c(B(O)O)s1. The maximum absolute atomic E-state index is 10.5. The van der Waals surface area contributed by atoms with Crippen molar-refractivity contribution in [2.45, 2.75) is 19.8 Å². The molecule has 13 heavy (non-hydrogen) atoms. The Kier molecular flexibility index (Phi) is 3.65. The van der Waals surface area contributed by atoms with E-state index in [9.17, 15) is 4.79 Å². The molecule has 0 atom stereocenters. The Morgan fingerprint density at radius 2 is 2.31 bits per heavy atom. The second-order valence-corrected chi connectivity index (χ2v) is 3.94. The van der Waals surface area contributed by atoms with E-state index < -0.39 is 7.12 Å². The number of carbonyl (C=O) groups excluding carboxylic acids is 1. The molecule has 0 bridgehead atoms. The molecule has 0 aliphatic heterocycles. The maximum Gasteiger partial charge on any atom is 0.499 e. The van der Waals surface area contributed by atoms with Crippen molar-refractivity contribution >= 4 is 29.5 Å². The van der Waals surface area contributed by atoms with E-state index in [1.165, 1.54) is 11.3 Å². The molecule has 0 aliphatic rings. The lowest BCUT2D eigenvalue weighted by Crippen LogP contribution is -2.29. The third kappa shape index (κ3) is 2.40. The van der Waals surface area contributed by atoms with Gasteiger partial charge in [0.2, 0.25) is 0 Å². The number of thiophene rings is 1. The van der Waals surface area contributed by atoms with E-state index in [0.717, 1.165) is 17.7 Å². The quantitative estimate of drug-likeness (QED) is 0.536. The fraction of sp³-hybridized carbons (Fsp3) is 0.375. The van der Waals surface area contributed by atoms with Gasteiger partial charge in [-0.1, -0.05) is 13.3 Å². The van der Waals surface area contributed by atoms with Crippen LogP contribution in [0.4, 0.5) is 0 Å². The van der Waals surface area contributed by atoms with Crippen molar-refractivity contribution in [2.24, 2.45) is 0 Å². The first-order valence-corrected chi connectivity index (χ1v) is 4.94. The fourth-order valence-electron chi connectivity index (χ4n) is 1.14. The molecule has 1 aromatic rings. The van der Waals surface area contributed by atoms with Crippen molar-refractivity contribution < 1.29 is 14.8 Å². The zero-order valence-corrected chi connectivity index (χ0v) is 8.17. The molecule has 3 nitrogen and oxygen atoms in total. The Hall–Kier alpha value is -0.645. The van der Waals surface area contributed by atoms with Gasteiger partial charge in [-0.15, -0.1) is 11.3 Å². The summed E-state index contributed by atoms with van der Waals surface area (Å²) < 4.78 is 0.346. The third-order valence-corrected chi connectivity index (χ3v) is 2.95. The molecule has 0 saturated heterocycles. The second kappa shape index (κ2) is 4.55. The molecule has 0 amide bonds. The van der Waals surface area contributed by atoms with E-state index in [-0.39, 0.29) is 0 Å². The Morgan fingerprint density at radius 3 is 2.69 bits per heavy atom. The van der Waals surface area contributed by atoms with Crippen molar-refractivity contribution in [2.75, 3.05) is 0 Å². The molecule has 5 heteroatoms.